The van der Waals surface area contributed by atoms with Gasteiger partial charge in [-0.2, -0.15) is 5.26 Å². The fourth-order valence-corrected chi connectivity index (χ4v) is 1.35. The first-order valence-electron chi connectivity index (χ1n) is 4.62. The number of carboxylic acid groups (broad SMARTS) is 1. The monoisotopic (exact) mass is 241 g/mol. The molecule has 0 radical (unpaired) electrons. The van der Waals surface area contributed by atoms with Crippen LogP contribution in [0.15, 0.2) is 6.07 Å². The highest BCUT2D eigenvalue weighted by Gasteiger charge is 2.19. The number of hydrogen-bond donors (Lipinski definition) is 2. The Balaban J connectivity index is 3.36. The molecule has 0 saturated heterocycles. The molecule has 0 bridgehead atoms. The van der Waals surface area contributed by atoms with E-state index in [0.717, 1.165) is 6.07 Å². The molecule has 7 heteroatoms. The summed E-state index contributed by atoms with van der Waals surface area (Å²) in [7, 11) is 0. The highest BCUT2D eigenvalue weighted by Crippen LogP contribution is 2.23. The van der Waals surface area contributed by atoms with Crippen molar-refractivity contribution in [3.8, 4) is 6.07 Å². The summed E-state index contributed by atoms with van der Waals surface area (Å²) in [4.78, 5) is 14.1. The quantitative estimate of drug-likeness (QED) is 0.818. The third-order valence-corrected chi connectivity index (χ3v) is 2.08. The van der Waals surface area contributed by atoms with Crippen molar-refractivity contribution in [2.24, 2.45) is 5.73 Å². The fraction of sp³-hybridized carbons (Fsp3) is 0.300. The van der Waals surface area contributed by atoms with Crippen LogP contribution in [0.2, 0.25) is 0 Å². The number of carbonyl (C=O) groups is 1. The Morgan fingerprint density at radius 3 is 2.71 bits per heavy atom. The van der Waals surface area contributed by atoms with E-state index >= 15 is 0 Å². The van der Waals surface area contributed by atoms with Crippen LogP contribution in [-0.2, 0) is 17.8 Å². The molecule has 0 fully saturated rings. The maximum atomic E-state index is 12.7. The van der Waals surface area contributed by atoms with Crippen molar-refractivity contribution in [1.82, 2.24) is 4.98 Å². The van der Waals surface area contributed by atoms with Crippen LogP contribution in [0.25, 0.3) is 0 Å². The Morgan fingerprint density at radius 1 is 1.65 bits per heavy atom. The molecule has 0 amide bonds. The molecule has 0 unspecified atom stereocenters. The third kappa shape index (κ3) is 2.95. The maximum Gasteiger partial charge on any atom is 0.307 e. The van der Waals surface area contributed by atoms with E-state index in [9.17, 15) is 13.6 Å². The lowest BCUT2D eigenvalue weighted by Gasteiger charge is -2.09. The lowest BCUT2D eigenvalue weighted by atomic mass is 10.1. The molecule has 17 heavy (non-hydrogen) atoms. The van der Waals surface area contributed by atoms with Crippen molar-refractivity contribution < 1.29 is 18.7 Å². The van der Waals surface area contributed by atoms with Gasteiger partial charge < -0.3 is 10.8 Å². The van der Waals surface area contributed by atoms with Gasteiger partial charge in [0.25, 0.3) is 6.43 Å². The average Bonchev–Trinajstić information content (AvgIpc) is 2.27. The van der Waals surface area contributed by atoms with E-state index in [0.29, 0.717) is 0 Å². The van der Waals surface area contributed by atoms with E-state index in [-0.39, 0.29) is 23.4 Å². The molecule has 1 aromatic heterocycles. The van der Waals surface area contributed by atoms with Gasteiger partial charge in [0.2, 0.25) is 0 Å². The molecule has 0 aliphatic rings. The zero-order valence-electron chi connectivity index (χ0n) is 8.65. The van der Waals surface area contributed by atoms with Gasteiger partial charge in [0.1, 0.15) is 11.8 Å². The number of aromatic nitrogens is 1. The molecule has 0 aromatic carbocycles. The van der Waals surface area contributed by atoms with Crippen molar-refractivity contribution in [2.75, 3.05) is 0 Å². The predicted octanol–water partition coefficient (Wildman–Crippen LogP) is 0.977. The third-order valence-electron chi connectivity index (χ3n) is 2.08. The first-order valence-corrected chi connectivity index (χ1v) is 4.62. The molecule has 0 aliphatic heterocycles. The van der Waals surface area contributed by atoms with E-state index in [1.807, 2.05) is 0 Å². The van der Waals surface area contributed by atoms with Crippen LogP contribution >= 0.6 is 0 Å². The van der Waals surface area contributed by atoms with E-state index in [1.54, 1.807) is 6.07 Å². The second-order valence-corrected chi connectivity index (χ2v) is 3.21. The zero-order chi connectivity index (χ0) is 13.0. The van der Waals surface area contributed by atoms with Crippen LogP contribution in [-0.4, -0.2) is 16.1 Å². The average molecular weight is 241 g/mol. The fourth-order valence-electron chi connectivity index (χ4n) is 1.35. The summed E-state index contributed by atoms with van der Waals surface area (Å²) < 4.78 is 25.3. The largest absolute Gasteiger partial charge is 0.481 e. The van der Waals surface area contributed by atoms with Gasteiger partial charge in [0, 0.05) is 6.54 Å². The van der Waals surface area contributed by atoms with Crippen LogP contribution in [0.4, 0.5) is 8.78 Å². The van der Waals surface area contributed by atoms with Gasteiger partial charge in [-0.05, 0) is 11.6 Å². The van der Waals surface area contributed by atoms with Crippen LogP contribution < -0.4 is 5.73 Å². The topological polar surface area (TPSA) is 100 Å². The first kappa shape index (κ1) is 13.0. The van der Waals surface area contributed by atoms with Crippen molar-refractivity contribution >= 4 is 5.97 Å². The van der Waals surface area contributed by atoms with Gasteiger partial charge in [0.15, 0.2) is 0 Å². The lowest BCUT2D eigenvalue weighted by molar-refractivity contribution is -0.136. The van der Waals surface area contributed by atoms with Crippen LogP contribution in [0.3, 0.4) is 0 Å². The van der Waals surface area contributed by atoms with Crippen LogP contribution in [0.5, 0.6) is 0 Å². The number of aliphatic carboxylic acids is 1. The smallest absolute Gasteiger partial charge is 0.307 e. The number of carboxylic acids is 1. The summed E-state index contributed by atoms with van der Waals surface area (Å²) >= 11 is 0. The Kier molecular flexibility index (Phi) is 4.06. The van der Waals surface area contributed by atoms with Gasteiger partial charge >= 0.3 is 5.97 Å². The van der Waals surface area contributed by atoms with E-state index in [4.69, 9.17) is 16.1 Å². The summed E-state index contributed by atoms with van der Waals surface area (Å²) in [5.41, 5.74) is 4.53. The molecule has 0 spiro atoms. The van der Waals surface area contributed by atoms with Crippen molar-refractivity contribution in [3.05, 3.63) is 28.6 Å². The number of alkyl halides is 2. The van der Waals surface area contributed by atoms with Crippen molar-refractivity contribution in [2.45, 2.75) is 19.4 Å². The number of nitriles is 1. The minimum absolute atomic E-state index is 0.0214. The zero-order valence-corrected chi connectivity index (χ0v) is 8.65. The molecule has 1 heterocycles. The number of nitrogens with two attached hydrogens (primary N) is 1. The van der Waals surface area contributed by atoms with Crippen molar-refractivity contribution in [3.63, 3.8) is 0 Å². The molecular weight excluding hydrogens is 232 g/mol. The molecule has 0 aliphatic carbocycles. The van der Waals surface area contributed by atoms with Crippen LogP contribution in [0, 0.1) is 11.3 Å². The second kappa shape index (κ2) is 5.32. The Bertz CT molecular complexity index is 483. The molecule has 3 N–H and O–H groups in total. The molecule has 1 aromatic rings. The Hall–Kier alpha value is -2.07. The molecule has 1 rings (SSSR count). The summed E-state index contributed by atoms with van der Waals surface area (Å²) in [6.45, 7) is -0.157. The Morgan fingerprint density at radius 2 is 2.29 bits per heavy atom. The van der Waals surface area contributed by atoms with Gasteiger partial charge in [-0.15, -0.1) is 0 Å². The molecule has 90 valence electrons. The number of nitrogens with zero attached hydrogens (tertiary/aromatic N) is 2. The molecule has 0 saturated carbocycles. The summed E-state index contributed by atoms with van der Waals surface area (Å²) in [5, 5.41) is 17.3. The summed E-state index contributed by atoms with van der Waals surface area (Å²) in [6.07, 6.45) is -3.51. The maximum absolute atomic E-state index is 12.7. The highest BCUT2D eigenvalue weighted by molar-refractivity contribution is 5.70. The minimum Gasteiger partial charge on any atom is -0.481 e. The van der Waals surface area contributed by atoms with Crippen LogP contribution in [0.1, 0.15) is 28.9 Å². The van der Waals surface area contributed by atoms with E-state index < -0.39 is 24.5 Å². The normalized spacial score (nSPS) is 10.3. The Labute approximate surface area is 95.5 Å². The lowest BCUT2D eigenvalue weighted by Crippen LogP contribution is -2.11. The van der Waals surface area contributed by atoms with Crippen molar-refractivity contribution in [1.29, 1.82) is 5.26 Å². The highest BCUT2D eigenvalue weighted by atomic mass is 19.3. The van der Waals surface area contributed by atoms with E-state index in [1.165, 1.54) is 0 Å². The van der Waals surface area contributed by atoms with Gasteiger partial charge in [-0.25, -0.2) is 13.8 Å². The molecule has 0 atom stereocenters. The number of halogens is 2. The summed E-state index contributed by atoms with van der Waals surface area (Å²) in [5.74, 6) is -1.27. The van der Waals surface area contributed by atoms with E-state index in [2.05, 4.69) is 4.98 Å². The SMILES string of the molecule is N#Cc1cc(CC(=O)O)c(C(F)F)nc1CN. The number of pyridine rings is 1. The first-order chi connectivity index (χ1) is 7.99. The van der Waals surface area contributed by atoms with Gasteiger partial charge in [0.05, 0.1) is 17.7 Å². The van der Waals surface area contributed by atoms with Gasteiger partial charge in [-0.3, -0.25) is 4.79 Å². The number of hydrogen-bond acceptors (Lipinski definition) is 4. The standard InChI is InChI=1S/C10H9F2N3O2/c11-10(12)9-5(2-8(16)17)1-6(3-13)7(4-14)15-9/h1,10H,2,4,14H2,(H,16,17). The number of rotatable bonds is 4. The summed E-state index contributed by atoms with van der Waals surface area (Å²) in [6, 6.07) is 2.85. The second-order valence-electron chi connectivity index (χ2n) is 3.21. The molecular formula is C10H9F2N3O2. The predicted molar refractivity (Wildman–Crippen MR) is 53.1 cm³/mol. The van der Waals surface area contributed by atoms with Gasteiger partial charge in [-0.1, -0.05) is 0 Å². The minimum atomic E-state index is -2.90. The molecule has 5 nitrogen and oxygen atoms in total.